The molecule has 3 aliphatic heterocycles. The summed E-state index contributed by atoms with van der Waals surface area (Å²) in [5, 5.41) is 2.99. The number of hydrogen-bond acceptors (Lipinski definition) is 6. The minimum Gasteiger partial charge on any atom is -0.490 e. The third-order valence-electron chi connectivity index (χ3n) is 5.57. The summed E-state index contributed by atoms with van der Waals surface area (Å²) in [6.45, 7) is 1.93. The highest BCUT2D eigenvalue weighted by molar-refractivity contribution is 5.82. The number of fused-ring (bicyclic) bond motifs is 2. The number of carbonyl (C=O) groups is 1. The van der Waals surface area contributed by atoms with Crippen molar-refractivity contribution >= 4 is 11.6 Å². The Morgan fingerprint density at radius 1 is 1.00 bits per heavy atom. The first-order chi connectivity index (χ1) is 15.0. The lowest BCUT2D eigenvalue weighted by Gasteiger charge is -2.26. The van der Waals surface area contributed by atoms with Crippen LogP contribution in [0.5, 0.6) is 23.0 Å². The van der Waals surface area contributed by atoms with E-state index in [1.165, 1.54) is 12.1 Å². The lowest BCUT2D eigenvalue weighted by molar-refractivity contribution is -0.286. The molecule has 1 fully saturated rings. The number of nitrogens with one attached hydrogen (secondary N) is 1. The van der Waals surface area contributed by atoms with Crippen molar-refractivity contribution in [2.75, 3.05) is 31.6 Å². The van der Waals surface area contributed by atoms with Crippen molar-refractivity contribution in [3.8, 4) is 23.0 Å². The lowest BCUT2D eigenvalue weighted by atomic mass is 10.0. The van der Waals surface area contributed by atoms with E-state index in [4.69, 9.17) is 9.47 Å². The fraction of sp³-hybridized carbons (Fsp3) is 0.409. The van der Waals surface area contributed by atoms with E-state index in [-0.39, 0.29) is 30.0 Å². The number of halogens is 2. The largest absolute Gasteiger partial charge is 0.586 e. The summed E-state index contributed by atoms with van der Waals surface area (Å²) in [6.07, 6.45) is -1.06. The van der Waals surface area contributed by atoms with Crippen LogP contribution in [0, 0.1) is 0 Å². The van der Waals surface area contributed by atoms with Gasteiger partial charge in [-0.3, -0.25) is 4.79 Å². The van der Waals surface area contributed by atoms with Gasteiger partial charge in [0.25, 0.3) is 0 Å². The highest BCUT2D eigenvalue weighted by Crippen LogP contribution is 2.42. The maximum absolute atomic E-state index is 13.2. The summed E-state index contributed by atoms with van der Waals surface area (Å²) in [5.41, 5.74) is 1.51. The van der Waals surface area contributed by atoms with Crippen LogP contribution < -0.4 is 24.3 Å². The molecule has 1 N–H and O–H groups in total. The standard InChI is InChI=1S/C22H22F2N2O5/c23-22(24)30-18-7-5-15(12-20(18)31-22)25-13-21(27)26-8-1-3-16(26)14-4-6-17-19(11-14)29-10-2-9-28-17/h4-7,11-12,16,25H,1-3,8-10,13H2/t16-/m0/s1. The summed E-state index contributed by atoms with van der Waals surface area (Å²) >= 11 is 0. The molecule has 3 aliphatic rings. The van der Waals surface area contributed by atoms with Crippen LogP contribution >= 0.6 is 0 Å². The fourth-order valence-corrected chi connectivity index (χ4v) is 4.14. The van der Waals surface area contributed by atoms with Gasteiger partial charge in [0.05, 0.1) is 25.8 Å². The third kappa shape index (κ3) is 4.04. The zero-order valence-corrected chi connectivity index (χ0v) is 16.7. The Morgan fingerprint density at radius 3 is 2.65 bits per heavy atom. The first-order valence-electron chi connectivity index (χ1n) is 10.3. The highest BCUT2D eigenvalue weighted by Gasteiger charge is 2.43. The molecule has 9 heteroatoms. The van der Waals surface area contributed by atoms with Gasteiger partial charge < -0.3 is 29.2 Å². The second kappa shape index (κ2) is 7.79. The van der Waals surface area contributed by atoms with Gasteiger partial charge in [0.15, 0.2) is 23.0 Å². The third-order valence-corrected chi connectivity index (χ3v) is 5.57. The number of nitrogens with zero attached hydrogens (tertiary/aromatic N) is 1. The molecule has 1 atom stereocenters. The van der Waals surface area contributed by atoms with Crippen LogP contribution in [-0.4, -0.2) is 43.4 Å². The van der Waals surface area contributed by atoms with E-state index in [0.29, 0.717) is 31.2 Å². The predicted octanol–water partition coefficient (Wildman–Crippen LogP) is 3.95. The molecule has 0 aliphatic carbocycles. The zero-order chi connectivity index (χ0) is 21.4. The fourth-order valence-electron chi connectivity index (χ4n) is 4.14. The molecule has 7 nitrogen and oxygen atoms in total. The van der Waals surface area contributed by atoms with Crippen molar-refractivity contribution in [2.45, 2.75) is 31.6 Å². The Balaban J connectivity index is 1.25. The molecule has 1 amide bonds. The topological polar surface area (TPSA) is 69.3 Å². The number of anilines is 1. The van der Waals surface area contributed by atoms with E-state index in [1.807, 2.05) is 23.1 Å². The number of likely N-dealkylation sites (tertiary alicyclic amines) is 1. The number of ether oxygens (including phenoxy) is 4. The molecule has 0 bridgehead atoms. The van der Waals surface area contributed by atoms with Gasteiger partial charge in [-0.1, -0.05) is 6.07 Å². The number of benzene rings is 2. The quantitative estimate of drug-likeness (QED) is 0.789. The molecule has 31 heavy (non-hydrogen) atoms. The highest BCUT2D eigenvalue weighted by atomic mass is 19.3. The van der Waals surface area contributed by atoms with Gasteiger partial charge >= 0.3 is 6.29 Å². The van der Waals surface area contributed by atoms with Crippen molar-refractivity contribution in [1.82, 2.24) is 4.90 Å². The number of hydrogen-bond donors (Lipinski definition) is 1. The van der Waals surface area contributed by atoms with E-state index in [0.717, 1.165) is 30.6 Å². The van der Waals surface area contributed by atoms with Crippen molar-refractivity contribution in [2.24, 2.45) is 0 Å². The van der Waals surface area contributed by atoms with Crippen molar-refractivity contribution in [3.63, 3.8) is 0 Å². The van der Waals surface area contributed by atoms with Crippen LogP contribution in [0.15, 0.2) is 36.4 Å². The second-order valence-corrected chi connectivity index (χ2v) is 7.68. The summed E-state index contributed by atoms with van der Waals surface area (Å²) in [7, 11) is 0. The molecule has 0 spiro atoms. The Kier molecular flexibility index (Phi) is 4.95. The van der Waals surface area contributed by atoms with Crippen LogP contribution in [-0.2, 0) is 4.79 Å². The minimum absolute atomic E-state index is 0.0316. The summed E-state index contributed by atoms with van der Waals surface area (Å²) < 4.78 is 46.7. The molecule has 3 heterocycles. The average molecular weight is 432 g/mol. The maximum Gasteiger partial charge on any atom is 0.586 e. The van der Waals surface area contributed by atoms with Crippen LogP contribution in [0.2, 0.25) is 0 Å². The summed E-state index contributed by atoms with van der Waals surface area (Å²) in [5.74, 6) is 1.28. The van der Waals surface area contributed by atoms with Crippen molar-refractivity contribution < 1.29 is 32.5 Å². The van der Waals surface area contributed by atoms with Gasteiger partial charge in [-0.05, 0) is 42.7 Å². The predicted molar refractivity (Wildman–Crippen MR) is 107 cm³/mol. The number of rotatable bonds is 4. The van der Waals surface area contributed by atoms with Gasteiger partial charge in [0.2, 0.25) is 5.91 Å². The van der Waals surface area contributed by atoms with Gasteiger partial charge in [0, 0.05) is 24.7 Å². The van der Waals surface area contributed by atoms with E-state index < -0.39 is 6.29 Å². The number of amides is 1. The van der Waals surface area contributed by atoms with Crippen molar-refractivity contribution in [1.29, 1.82) is 0 Å². The zero-order valence-electron chi connectivity index (χ0n) is 16.7. The maximum atomic E-state index is 13.2. The van der Waals surface area contributed by atoms with Crippen LogP contribution in [0.4, 0.5) is 14.5 Å². The molecule has 164 valence electrons. The first-order valence-corrected chi connectivity index (χ1v) is 10.3. The smallest absolute Gasteiger partial charge is 0.490 e. The van der Waals surface area contributed by atoms with E-state index in [9.17, 15) is 13.6 Å². The van der Waals surface area contributed by atoms with Gasteiger partial charge in [-0.2, -0.15) is 0 Å². The molecule has 2 aromatic carbocycles. The van der Waals surface area contributed by atoms with Crippen LogP contribution in [0.25, 0.3) is 0 Å². The summed E-state index contributed by atoms with van der Waals surface area (Å²) in [6, 6.07) is 10.2. The van der Waals surface area contributed by atoms with E-state index >= 15 is 0 Å². The van der Waals surface area contributed by atoms with E-state index in [1.54, 1.807) is 6.07 Å². The van der Waals surface area contributed by atoms with Gasteiger partial charge in [-0.15, -0.1) is 8.78 Å². The monoisotopic (exact) mass is 432 g/mol. The molecule has 0 saturated carbocycles. The molecule has 0 unspecified atom stereocenters. The van der Waals surface area contributed by atoms with Crippen molar-refractivity contribution in [3.05, 3.63) is 42.0 Å². The van der Waals surface area contributed by atoms with E-state index in [2.05, 4.69) is 14.8 Å². The van der Waals surface area contributed by atoms with Crippen LogP contribution in [0.3, 0.4) is 0 Å². The summed E-state index contributed by atoms with van der Waals surface area (Å²) in [4.78, 5) is 14.8. The molecular formula is C22H22F2N2O5. The lowest BCUT2D eigenvalue weighted by Crippen LogP contribution is -2.35. The molecule has 5 rings (SSSR count). The van der Waals surface area contributed by atoms with Crippen LogP contribution in [0.1, 0.15) is 30.9 Å². The molecule has 2 aromatic rings. The Morgan fingerprint density at radius 2 is 1.77 bits per heavy atom. The minimum atomic E-state index is -3.66. The Bertz CT molecular complexity index is 1000. The first kappa shape index (κ1) is 19.7. The SMILES string of the molecule is O=C(CNc1ccc2c(c1)OC(F)(F)O2)N1CCC[C@H]1c1ccc2c(c1)OCCCO2. The Hall–Kier alpha value is -3.23. The normalized spacial score (nSPS) is 21.0. The average Bonchev–Trinajstić information content (AvgIpc) is 3.27. The number of alkyl halides is 2. The molecule has 0 radical (unpaired) electrons. The van der Waals surface area contributed by atoms with Gasteiger partial charge in [0.1, 0.15) is 0 Å². The van der Waals surface area contributed by atoms with Gasteiger partial charge in [-0.25, -0.2) is 0 Å². The Labute approximate surface area is 177 Å². The molecule has 0 aromatic heterocycles. The molecule has 1 saturated heterocycles. The molecular weight excluding hydrogens is 410 g/mol. The second-order valence-electron chi connectivity index (χ2n) is 7.68. The number of carbonyl (C=O) groups excluding carboxylic acids is 1.